The van der Waals surface area contributed by atoms with Crippen molar-refractivity contribution in [2.24, 2.45) is 0 Å². The number of carboxylic acid groups (broad SMARTS) is 1. The van der Waals surface area contributed by atoms with E-state index in [-0.39, 0.29) is 21.8 Å². The molecule has 0 atom stereocenters. The van der Waals surface area contributed by atoms with Crippen molar-refractivity contribution in [2.75, 3.05) is 11.8 Å². The van der Waals surface area contributed by atoms with Crippen LogP contribution in [0.1, 0.15) is 21.6 Å². The summed E-state index contributed by atoms with van der Waals surface area (Å²) in [6, 6.07) is 24.3. The van der Waals surface area contributed by atoms with Gasteiger partial charge in [0.15, 0.2) is 0 Å². The normalized spacial score (nSPS) is 10.9. The maximum absolute atomic E-state index is 13.6. The van der Waals surface area contributed by atoms with Crippen LogP contribution in [-0.2, 0) is 10.0 Å². The number of ether oxygens (including phenoxy) is 1. The van der Waals surface area contributed by atoms with E-state index in [4.69, 9.17) is 9.84 Å². The van der Waals surface area contributed by atoms with Crippen molar-refractivity contribution < 1.29 is 23.1 Å². The molecule has 0 fully saturated rings. The van der Waals surface area contributed by atoms with Crippen LogP contribution in [0.3, 0.4) is 0 Å². The van der Waals surface area contributed by atoms with Crippen LogP contribution in [0.2, 0.25) is 0 Å². The first-order valence-electron chi connectivity index (χ1n) is 11.7. The molecule has 5 aromatic rings. The topological polar surface area (TPSA) is 118 Å². The number of nitrogens with zero attached hydrogens (tertiary/aromatic N) is 2. The second kappa shape index (κ2) is 10.7. The lowest BCUT2D eigenvalue weighted by Crippen LogP contribution is -2.15. The molecule has 0 bridgehead atoms. The number of nitrogens with one attached hydrogen (secondary N) is 1. The summed E-state index contributed by atoms with van der Waals surface area (Å²) in [5, 5.41) is 9.65. The summed E-state index contributed by atoms with van der Waals surface area (Å²) >= 11 is 0. The Kier molecular flexibility index (Phi) is 6.95. The quantitative estimate of drug-likeness (QED) is 0.287. The van der Waals surface area contributed by atoms with Crippen molar-refractivity contribution >= 4 is 32.6 Å². The number of aromatic nitrogens is 2. The lowest BCUT2D eigenvalue weighted by Gasteiger charge is -2.14. The first-order chi connectivity index (χ1) is 18.9. The lowest BCUT2D eigenvalue weighted by molar-refractivity contribution is 0.0690. The number of aromatic carboxylic acids is 1. The van der Waals surface area contributed by atoms with Crippen molar-refractivity contribution in [1.29, 1.82) is 0 Å². The van der Waals surface area contributed by atoms with E-state index in [9.17, 15) is 13.2 Å². The van der Waals surface area contributed by atoms with Gasteiger partial charge in [-0.3, -0.25) is 9.71 Å². The first kappa shape index (κ1) is 25.4. The van der Waals surface area contributed by atoms with Gasteiger partial charge in [-0.15, -0.1) is 0 Å². The molecule has 0 spiro atoms. The van der Waals surface area contributed by atoms with Crippen LogP contribution < -0.4 is 9.46 Å². The molecule has 8 nitrogen and oxygen atoms in total. The van der Waals surface area contributed by atoms with Gasteiger partial charge in [-0.1, -0.05) is 48.2 Å². The molecule has 2 N–H and O–H groups in total. The van der Waals surface area contributed by atoms with Crippen molar-refractivity contribution in [3.8, 4) is 28.7 Å². The molecule has 0 aliphatic carbocycles. The van der Waals surface area contributed by atoms with Gasteiger partial charge in [0, 0.05) is 28.9 Å². The SMILES string of the molecule is COc1ccc(S(=O)(=O)Nc2ccc(-c3ccccc3)cc2C#Cc2ccc(C(=O)O)nc2)c2ncccc12. The average Bonchev–Trinajstić information content (AvgIpc) is 2.96. The van der Waals surface area contributed by atoms with E-state index in [0.29, 0.717) is 22.3 Å². The Morgan fingerprint density at radius 2 is 1.72 bits per heavy atom. The van der Waals surface area contributed by atoms with E-state index in [1.807, 2.05) is 36.4 Å². The predicted octanol–water partition coefficient (Wildman–Crippen LogP) is 5.20. The average molecular weight is 536 g/mol. The third-order valence-corrected chi connectivity index (χ3v) is 7.29. The number of sulfonamides is 1. The van der Waals surface area contributed by atoms with Gasteiger partial charge < -0.3 is 9.84 Å². The van der Waals surface area contributed by atoms with E-state index in [1.54, 1.807) is 36.4 Å². The van der Waals surface area contributed by atoms with Crippen LogP contribution in [0, 0.1) is 11.8 Å². The molecular formula is C30H21N3O5S. The zero-order chi connectivity index (χ0) is 27.4. The van der Waals surface area contributed by atoms with E-state index >= 15 is 0 Å². The zero-order valence-electron chi connectivity index (χ0n) is 20.6. The Labute approximate surface area is 225 Å². The smallest absolute Gasteiger partial charge is 0.354 e. The summed E-state index contributed by atoms with van der Waals surface area (Å²) < 4.78 is 35.2. The summed E-state index contributed by atoms with van der Waals surface area (Å²) in [5.74, 6) is 5.34. The number of benzene rings is 3. The van der Waals surface area contributed by atoms with Crippen LogP contribution in [0.25, 0.3) is 22.0 Å². The number of carboxylic acids is 1. The monoisotopic (exact) mass is 535 g/mol. The van der Waals surface area contributed by atoms with Crippen LogP contribution in [-0.4, -0.2) is 36.6 Å². The van der Waals surface area contributed by atoms with Gasteiger partial charge in [-0.25, -0.2) is 18.2 Å². The van der Waals surface area contributed by atoms with Crippen LogP contribution in [0.4, 0.5) is 5.69 Å². The van der Waals surface area contributed by atoms with Crippen LogP contribution in [0.15, 0.2) is 102 Å². The highest BCUT2D eigenvalue weighted by Crippen LogP contribution is 2.32. The summed E-state index contributed by atoms with van der Waals surface area (Å²) in [5.41, 5.74) is 3.14. The molecule has 0 saturated heterocycles. The van der Waals surface area contributed by atoms with Crippen LogP contribution in [0.5, 0.6) is 5.75 Å². The highest BCUT2D eigenvalue weighted by Gasteiger charge is 2.21. The molecule has 0 amide bonds. The van der Waals surface area contributed by atoms with Gasteiger partial charge in [-0.05, 0) is 59.7 Å². The van der Waals surface area contributed by atoms with Crippen molar-refractivity contribution in [1.82, 2.24) is 9.97 Å². The van der Waals surface area contributed by atoms with E-state index < -0.39 is 16.0 Å². The second-order valence-electron chi connectivity index (χ2n) is 8.38. The van der Waals surface area contributed by atoms with Gasteiger partial charge in [-0.2, -0.15) is 0 Å². The molecule has 39 heavy (non-hydrogen) atoms. The van der Waals surface area contributed by atoms with Crippen molar-refractivity contribution in [2.45, 2.75) is 4.90 Å². The summed E-state index contributed by atoms with van der Waals surface area (Å²) in [6.07, 6.45) is 2.88. The number of methoxy groups -OCH3 is 1. The maximum atomic E-state index is 13.6. The minimum absolute atomic E-state index is 0.00148. The van der Waals surface area contributed by atoms with Gasteiger partial charge in [0.2, 0.25) is 0 Å². The molecule has 3 aromatic carbocycles. The fourth-order valence-corrected chi connectivity index (χ4v) is 5.24. The van der Waals surface area contributed by atoms with Gasteiger partial charge in [0.1, 0.15) is 16.3 Å². The van der Waals surface area contributed by atoms with Gasteiger partial charge in [0.05, 0.1) is 18.3 Å². The number of pyridine rings is 2. The van der Waals surface area contributed by atoms with Gasteiger partial charge >= 0.3 is 5.97 Å². The highest BCUT2D eigenvalue weighted by molar-refractivity contribution is 7.93. The number of rotatable bonds is 6. The largest absolute Gasteiger partial charge is 0.496 e. The number of hydrogen-bond acceptors (Lipinski definition) is 6. The summed E-state index contributed by atoms with van der Waals surface area (Å²) in [7, 11) is -2.56. The summed E-state index contributed by atoms with van der Waals surface area (Å²) in [6.45, 7) is 0. The molecule has 2 heterocycles. The number of carbonyl (C=O) groups is 1. The Bertz CT molecular complexity index is 1860. The number of fused-ring (bicyclic) bond motifs is 1. The van der Waals surface area contributed by atoms with Gasteiger partial charge in [0.25, 0.3) is 10.0 Å². The number of anilines is 1. The Morgan fingerprint density at radius 1 is 0.897 bits per heavy atom. The van der Waals surface area contributed by atoms with E-state index in [0.717, 1.165) is 11.1 Å². The maximum Gasteiger partial charge on any atom is 0.354 e. The molecule has 0 saturated carbocycles. The first-order valence-corrected chi connectivity index (χ1v) is 13.2. The van der Waals surface area contributed by atoms with E-state index in [2.05, 4.69) is 26.5 Å². The molecular weight excluding hydrogens is 514 g/mol. The number of hydrogen-bond donors (Lipinski definition) is 2. The standard InChI is InChI=1S/C30H21N3O5S/c1-38-27-15-16-28(29-24(27)8-5-17-31-29)39(36,37)33-25-14-12-22(21-6-3-2-4-7-21)18-23(25)11-9-20-10-13-26(30(34)35)32-19-20/h2-8,10,12-19,33H,1H3,(H,34,35). The molecule has 0 aliphatic heterocycles. The molecule has 0 radical (unpaired) electrons. The van der Waals surface area contributed by atoms with Crippen LogP contribution >= 0.6 is 0 Å². The Balaban J connectivity index is 1.58. The third kappa shape index (κ3) is 5.42. The minimum atomic E-state index is -4.08. The highest BCUT2D eigenvalue weighted by atomic mass is 32.2. The van der Waals surface area contributed by atoms with E-state index in [1.165, 1.54) is 31.6 Å². The molecule has 9 heteroatoms. The fraction of sp³-hybridized carbons (Fsp3) is 0.0333. The Morgan fingerprint density at radius 3 is 2.44 bits per heavy atom. The summed E-state index contributed by atoms with van der Waals surface area (Å²) in [4.78, 5) is 19.3. The molecule has 2 aromatic heterocycles. The van der Waals surface area contributed by atoms with Crippen molar-refractivity contribution in [3.63, 3.8) is 0 Å². The molecule has 0 aliphatic rings. The predicted molar refractivity (Wildman–Crippen MR) is 148 cm³/mol. The molecule has 192 valence electrons. The zero-order valence-corrected chi connectivity index (χ0v) is 21.4. The fourth-order valence-electron chi connectivity index (χ4n) is 4.00. The minimum Gasteiger partial charge on any atom is -0.496 e. The van der Waals surface area contributed by atoms with Crippen molar-refractivity contribution in [3.05, 3.63) is 114 Å². The molecule has 0 unspecified atom stereocenters. The third-order valence-electron chi connectivity index (χ3n) is 5.90. The Hall–Kier alpha value is -5.20. The molecule has 5 rings (SSSR count). The second-order valence-corrected chi connectivity index (χ2v) is 10.0. The lowest BCUT2D eigenvalue weighted by atomic mass is 10.0.